The van der Waals surface area contributed by atoms with Gasteiger partial charge < -0.3 is 10.2 Å². The van der Waals surface area contributed by atoms with Gasteiger partial charge >= 0.3 is 0 Å². The molecular formula is C16H17BrClFN4O. The van der Waals surface area contributed by atoms with Crippen molar-refractivity contribution in [2.75, 3.05) is 26.2 Å². The summed E-state index contributed by atoms with van der Waals surface area (Å²) in [6.07, 6.45) is 1.74. The summed E-state index contributed by atoms with van der Waals surface area (Å²) in [5, 5.41) is 7.76. The van der Waals surface area contributed by atoms with Crippen molar-refractivity contribution in [1.29, 1.82) is 0 Å². The van der Waals surface area contributed by atoms with Gasteiger partial charge in [-0.05, 0) is 52.0 Å². The van der Waals surface area contributed by atoms with Gasteiger partial charge in [-0.25, -0.2) is 9.07 Å². The molecule has 2 fully saturated rings. The highest BCUT2D eigenvalue weighted by Gasteiger charge is 2.39. The molecule has 0 aliphatic carbocycles. The predicted octanol–water partition coefficient (Wildman–Crippen LogP) is 2.49. The van der Waals surface area contributed by atoms with E-state index >= 15 is 0 Å². The fourth-order valence-electron chi connectivity index (χ4n) is 3.39. The zero-order chi connectivity index (χ0) is 16.0. The van der Waals surface area contributed by atoms with Crippen LogP contribution in [0, 0.1) is 17.7 Å². The van der Waals surface area contributed by atoms with E-state index in [1.54, 1.807) is 23.0 Å². The highest BCUT2D eigenvalue weighted by atomic mass is 79.9. The zero-order valence-electron chi connectivity index (χ0n) is 12.8. The minimum atomic E-state index is -0.298. The van der Waals surface area contributed by atoms with Crippen molar-refractivity contribution in [3.63, 3.8) is 0 Å². The lowest BCUT2D eigenvalue weighted by atomic mass is 10.0. The van der Waals surface area contributed by atoms with Gasteiger partial charge in [-0.15, -0.1) is 12.4 Å². The maximum Gasteiger partial charge on any atom is 0.275 e. The van der Waals surface area contributed by atoms with Gasteiger partial charge in [0.25, 0.3) is 5.91 Å². The third-order valence-electron chi connectivity index (χ3n) is 4.64. The Morgan fingerprint density at radius 2 is 1.83 bits per heavy atom. The summed E-state index contributed by atoms with van der Waals surface area (Å²) in [6, 6.07) is 6.02. The van der Waals surface area contributed by atoms with E-state index in [1.165, 1.54) is 12.1 Å². The fourth-order valence-corrected chi connectivity index (χ4v) is 3.84. The number of nitrogens with zero attached hydrogens (tertiary/aromatic N) is 3. The summed E-state index contributed by atoms with van der Waals surface area (Å²) >= 11 is 3.42. The van der Waals surface area contributed by atoms with E-state index in [2.05, 4.69) is 26.3 Å². The molecule has 0 bridgehead atoms. The summed E-state index contributed by atoms with van der Waals surface area (Å²) in [4.78, 5) is 14.6. The Kier molecular flexibility index (Phi) is 4.94. The van der Waals surface area contributed by atoms with Gasteiger partial charge in [-0.1, -0.05) is 0 Å². The zero-order valence-corrected chi connectivity index (χ0v) is 15.2. The molecule has 0 unspecified atom stereocenters. The summed E-state index contributed by atoms with van der Waals surface area (Å²) in [6.45, 7) is 3.54. The van der Waals surface area contributed by atoms with Crippen molar-refractivity contribution in [1.82, 2.24) is 20.0 Å². The van der Waals surface area contributed by atoms with Gasteiger partial charge in [0.2, 0.25) is 0 Å². The molecule has 2 aliphatic heterocycles. The molecule has 1 amide bonds. The van der Waals surface area contributed by atoms with Gasteiger partial charge in [0, 0.05) is 32.4 Å². The Hall–Kier alpha value is -1.44. The Morgan fingerprint density at radius 3 is 2.46 bits per heavy atom. The van der Waals surface area contributed by atoms with Crippen LogP contribution in [0.5, 0.6) is 0 Å². The van der Waals surface area contributed by atoms with Crippen LogP contribution in [0.15, 0.2) is 34.9 Å². The lowest BCUT2D eigenvalue weighted by Crippen LogP contribution is -2.32. The van der Waals surface area contributed by atoms with Crippen LogP contribution in [0.2, 0.25) is 0 Å². The second-order valence-corrected chi connectivity index (χ2v) is 6.99. The number of aromatic nitrogens is 2. The van der Waals surface area contributed by atoms with Gasteiger partial charge in [0.1, 0.15) is 5.82 Å². The number of hydrogen-bond donors (Lipinski definition) is 1. The van der Waals surface area contributed by atoms with Crippen molar-refractivity contribution in [2.24, 2.45) is 11.8 Å². The summed E-state index contributed by atoms with van der Waals surface area (Å²) in [7, 11) is 0. The van der Waals surface area contributed by atoms with E-state index in [1.807, 2.05) is 4.90 Å². The second-order valence-electron chi connectivity index (χ2n) is 6.14. The fraction of sp³-hybridized carbons (Fsp3) is 0.375. The second kappa shape index (κ2) is 6.82. The first-order chi connectivity index (χ1) is 11.1. The number of carbonyl (C=O) groups is 1. The average Bonchev–Trinajstić information content (AvgIpc) is 3.21. The van der Waals surface area contributed by atoms with Crippen LogP contribution in [0.4, 0.5) is 4.39 Å². The Balaban J connectivity index is 0.00000169. The van der Waals surface area contributed by atoms with Crippen molar-refractivity contribution in [3.05, 3.63) is 46.4 Å². The van der Waals surface area contributed by atoms with E-state index in [4.69, 9.17) is 0 Å². The Morgan fingerprint density at radius 1 is 1.21 bits per heavy atom. The van der Waals surface area contributed by atoms with Crippen molar-refractivity contribution in [2.45, 2.75) is 0 Å². The third kappa shape index (κ3) is 3.08. The number of hydrogen-bond acceptors (Lipinski definition) is 3. The number of fused-ring (bicyclic) bond motifs is 1. The van der Waals surface area contributed by atoms with Crippen LogP contribution >= 0.6 is 28.3 Å². The number of carbonyl (C=O) groups excluding carboxylic acids is 1. The molecule has 1 aromatic heterocycles. The molecule has 2 saturated heterocycles. The topological polar surface area (TPSA) is 50.2 Å². The molecule has 128 valence electrons. The summed E-state index contributed by atoms with van der Waals surface area (Å²) < 4.78 is 15.3. The number of likely N-dealkylation sites (tertiary alicyclic amines) is 1. The van der Waals surface area contributed by atoms with Gasteiger partial charge in [-0.3, -0.25) is 4.79 Å². The first kappa shape index (κ1) is 17.4. The van der Waals surface area contributed by atoms with Crippen molar-refractivity contribution < 1.29 is 9.18 Å². The predicted molar refractivity (Wildman–Crippen MR) is 94.2 cm³/mol. The number of nitrogens with one attached hydrogen (secondary N) is 1. The van der Waals surface area contributed by atoms with E-state index in [0.717, 1.165) is 26.2 Å². The molecule has 3 heterocycles. The van der Waals surface area contributed by atoms with Gasteiger partial charge in [0.05, 0.1) is 10.2 Å². The molecule has 24 heavy (non-hydrogen) atoms. The Bertz CT molecular complexity index is 739. The normalized spacial score (nSPS) is 22.3. The molecule has 4 rings (SSSR count). The minimum Gasteiger partial charge on any atom is -0.337 e. The minimum absolute atomic E-state index is 0. The van der Waals surface area contributed by atoms with Crippen LogP contribution in [0.25, 0.3) is 5.69 Å². The molecule has 2 atom stereocenters. The van der Waals surface area contributed by atoms with Gasteiger partial charge in [-0.2, -0.15) is 5.10 Å². The van der Waals surface area contributed by atoms with Crippen molar-refractivity contribution in [3.8, 4) is 5.69 Å². The molecule has 0 spiro atoms. The molecule has 0 radical (unpaired) electrons. The van der Waals surface area contributed by atoms with Gasteiger partial charge in [0.15, 0.2) is 5.69 Å². The first-order valence-corrected chi connectivity index (χ1v) is 8.42. The summed E-state index contributed by atoms with van der Waals surface area (Å²) in [5.74, 6) is 0.759. The van der Waals surface area contributed by atoms with Crippen LogP contribution in [0.3, 0.4) is 0 Å². The van der Waals surface area contributed by atoms with Crippen LogP contribution in [-0.2, 0) is 0 Å². The van der Waals surface area contributed by atoms with E-state index in [0.29, 0.717) is 27.7 Å². The standard InChI is InChI=1S/C16H16BrFN4O.ClH/c17-14-9-22(13-3-1-12(18)2-4-13)20-15(14)16(23)21-7-10-5-19-6-11(10)8-21;/h1-4,9-11,19H,5-8H2;1H/t10-,11+;. The maximum atomic E-state index is 13.0. The SMILES string of the molecule is Cl.O=C(c1nn(-c2ccc(F)cc2)cc1Br)N1C[C@H]2CNC[C@H]2C1. The highest BCUT2D eigenvalue weighted by molar-refractivity contribution is 9.10. The van der Waals surface area contributed by atoms with Crippen LogP contribution in [-0.4, -0.2) is 46.8 Å². The molecule has 2 aromatic rings. The highest BCUT2D eigenvalue weighted by Crippen LogP contribution is 2.29. The van der Waals surface area contributed by atoms with Crippen molar-refractivity contribution >= 4 is 34.2 Å². The number of rotatable bonds is 2. The average molecular weight is 416 g/mol. The molecule has 0 saturated carbocycles. The van der Waals surface area contributed by atoms with E-state index < -0.39 is 0 Å². The molecule has 1 aromatic carbocycles. The largest absolute Gasteiger partial charge is 0.337 e. The first-order valence-electron chi connectivity index (χ1n) is 7.63. The quantitative estimate of drug-likeness (QED) is 0.820. The lowest BCUT2D eigenvalue weighted by Gasteiger charge is -2.16. The molecule has 8 heteroatoms. The van der Waals surface area contributed by atoms with E-state index in [9.17, 15) is 9.18 Å². The Labute approximate surface area is 153 Å². The van der Waals surface area contributed by atoms with E-state index in [-0.39, 0.29) is 24.1 Å². The van der Waals surface area contributed by atoms with Crippen LogP contribution < -0.4 is 5.32 Å². The maximum absolute atomic E-state index is 13.0. The third-order valence-corrected chi connectivity index (χ3v) is 5.22. The lowest BCUT2D eigenvalue weighted by molar-refractivity contribution is 0.0774. The molecule has 5 nitrogen and oxygen atoms in total. The number of halogens is 3. The van der Waals surface area contributed by atoms with Crippen LogP contribution in [0.1, 0.15) is 10.5 Å². The number of amides is 1. The molecular weight excluding hydrogens is 399 g/mol. The monoisotopic (exact) mass is 414 g/mol. The molecule has 2 aliphatic rings. The smallest absolute Gasteiger partial charge is 0.275 e. The summed E-state index contributed by atoms with van der Waals surface area (Å²) in [5.41, 5.74) is 1.12. The molecule has 1 N–H and O–H groups in total. The number of benzene rings is 1.